The van der Waals surface area contributed by atoms with Gasteiger partial charge in [0.05, 0.1) is 6.61 Å². The normalized spacial score (nSPS) is 22.8. The van der Waals surface area contributed by atoms with Gasteiger partial charge in [-0.15, -0.1) is 0 Å². The number of rotatable bonds is 10. The summed E-state index contributed by atoms with van der Waals surface area (Å²) < 4.78 is 19.8. The van der Waals surface area contributed by atoms with E-state index in [4.69, 9.17) is 4.74 Å². The van der Waals surface area contributed by atoms with Crippen LogP contribution >= 0.6 is 15.9 Å². The lowest BCUT2D eigenvalue weighted by molar-refractivity contribution is -0.132. The van der Waals surface area contributed by atoms with Crippen molar-refractivity contribution in [2.75, 3.05) is 39.9 Å². The first-order chi connectivity index (χ1) is 15.5. The summed E-state index contributed by atoms with van der Waals surface area (Å²) in [5, 5.41) is 0. The molecule has 0 unspecified atom stereocenters. The zero-order valence-corrected chi connectivity index (χ0v) is 21.4. The van der Waals surface area contributed by atoms with Crippen LogP contribution in [0.3, 0.4) is 0 Å². The van der Waals surface area contributed by atoms with Crippen LogP contribution in [-0.2, 0) is 16.0 Å². The lowest BCUT2D eigenvalue weighted by Gasteiger charge is -2.37. The van der Waals surface area contributed by atoms with Gasteiger partial charge in [-0.1, -0.05) is 15.9 Å². The number of carbonyl (C=O) groups is 1. The number of hydrogen-bond acceptors (Lipinski definition) is 3. The van der Waals surface area contributed by atoms with E-state index in [1.165, 1.54) is 51.1 Å². The van der Waals surface area contributed by atoms with Crippen LogP contribution in [-0.4, -0.2) is 61.6 Å². The lowest BCUT2D eigenvalue weighted by atomic mass is 9.82. The summed E-state index contributed by atoms with van der Waals surface area (Å²) in [4.78, 5) is 16.6. The third kappa shape index (κ3) is 7.81. The van der Waals surface area contributed by atoms with Crippen LogP contribution in [0.4, 0.5) is 4.39 Å². The van der Waals surface area contributed by atoms with Crippen molar-refractivity contribution in [2.45, 2.75) is 70.8 Å². The maximum atomic E-state index is 13.6. The molecular formula is C26H40BrFN2O2. The van der Waals surface area contributed by atoms with Crippen LogP contribution in [0.25, 0.3) is 0 Å². The molecule has 2 aliphatic rings. The summed E-state index contributed by atoms with van der Waals surface area (Å²) in [6.45, 7) is 6.55. The Morgan fingerprint density at radius 3 is 2.53 bits per heavy atom. The van der Waals surface area contributed by atoms with Gasteiger partial charge in [0.2, 0.25) is 5.91 Å². The number of nitrogens with zero attached hydrogens (tertiary/aromatic N) is 2. The molecule has 1 aliphatic carbocycles. The van der Waals surface area contributed by atoms with Crippen LogP contribution in [0.5, 0.6) is 0 Å². The topological polar surface area (TPSA) is 32.8 Å². The van der Waals surface area contributed by atoms with Gasteiger partial charge in [0, 0.05) is 31.1 Å². The number of ether oxygens (including phenoxy) is 1. The highest BCUT2D eigenvalue weighted by Crippen LogP contribution is 2.31. The van der Waals surface area contributed by atoms with Crippen LogP contribution in [0.1, 0.15) is 63.9 Å². The molecule has 0 N–H and O–H groups in total. The van der Waals surface area contributed by atoms with Crippen LogP contribution in [0, 0.1) is 17.7 Å². The van der Waals surface area contributed by atoms with Crippen LogP contribution in [0.15, 0.2) is 22.7 Å². The van der Waals surface area contributed by atoms with E-state index < -0.39 is 0 Å². The zero-order chi connectivity index (χ0) is 22.9. The first-order valence-electron chi connectivity index (χ1n) is 12.4. The van der Waals surface area contributed by atoms with Crippen molar-refractivity contribution in [1.29, 1.82) is 0 Å². The predicted octanol–water partition coefficient (Wildman–Crippen LogP) is 5.68. The van der Waals surface area contributed by atoms with Gasteiger partial charge in [0.15, 0.2) is 0 Å². The Morgan fingerprint density at radius 2 is 1.88 bits per heavy atom. The molecule has 3 rings (SSSR count). The van der Waals surface area contributed by atoms with Gasteiger partial charge in [-0.3, -0.25) is 4.79 Å². The number of likely N-dealkylation sites (tertiary alicyclic amines) is 1. The molecule has 0 spiro atoms. The van der Waals surface area contributed by atoms with Crippen molar-refractivity contribution >= 4 is 21.8 Å². The third-order valence-corrected chi connectivity index (χ3v) is 8.28. The minimum Gasteiger partial charge on any atom is -0.383 e. The molecular weight excluding hydrogens is 471 g/mol. The number of carbonyl (C=O) groups excluding carboxylic acids is 1. The van der Waals surface area contributed by atoms with Crippen LogP contribution < -0.4 is 0 Å². The summed E-state index contributed by atoms with van der Waals surface area (Å²) in [6.07, 6.45) is 10.7. The molecule has 1 amide bonds. The summed E-state index contributed by atoms with van der Waals surface area (Å²) >= 11 is 3.57. The van der Waals surface area contributed by atoms with Gasteiger partial charge in [0.1, 0.15) is 5.82 Å². The summed E-state index contributed by atoms with van der Waals surface area (Å²) in [5.41, 5.74) is 1.10. The van der Waals surface area contributed by atoms with Gasteiger partial charge in [-0.05, 0) is 113 Å². The number of hydrogen-bond donors (Lipinski definition) is 0. The summed E-state index contributed by atoms with van der Waals surface area (Å²) in [6, 6.07) is 5.42. The molecule has 0 radical (unpaired) electrons. The second-order valence-corrected chi connectivity index (χ2v) is 10.6. The van der Waals surface area contributed by atoms with E-state index in [0.29, 0.717) is 25.1 Å². The van der Waals surface area contributed by atoms with E-state index in [0.717, 1.165) is 48.3 Å². The standard InChI is InChI=1S/C26H40BrFN2O2/c1-20(31)30(16-17-32-2)25-8-5-21(6-9-25)4-3-13-29-14-11-22(12-15-29)18-23-19-24(28)7-10-26(23)27/h7,10,19,21-22,25H,3-6,8-9,11-18H2,1-2H3. The Morgan fingerprint density at radius 1 is 1.16 bits per heavy atom. The number of methoxy groups -OCH3 is 1. The van der Waals surface area contributed by atoms with Gasteiger partial charge in [-0.2, -0.15) is 0 Å². The number of benzene rings is 1. The molecule has 1 aromatic rings. The Bertz CT molecular complexity index is 716. The third-order valence-electron chi connectivity index (χ3n) is 7.51. The molecule has 0 aromatic heterocycles. The molecule has 180 valence electrons. The Kier molecular flexibility index (Phi) is 10.5. The zero-order valence-electron chi connectivity index (χ0n) is 19.8. The average Bonchev–Trinajstić information content (AvgIpc) is 2.78. The highest BCUT2D eigenvalue weighted by molar-refractivity contribution is 9.10. The largest absolute Gasteiger partial charge is 0.383 e. The maximum absolute atomic E-state index is 13.6. The lowest BCUT2D eigenvalue weighted by Crippen LogP contribution is -2.43. The Hall–Kier alpha value is -0.980. The van der Waals surface area contributed by atoms with E-state index in [9.17, 15) is 9.18 Å². The van der Waals surface area contributed by atoms with E-state index in [1.54, 1.807) is 20.1 Å². The predicted molar refractivity (Wildman–Crippen MR) is 131 cm³/mol. The molecule has 4 nitrogen and oxygen atoms in total. The highest BCUT2D eigenvalue weighted by atomic mass is 79.9. The fraction of sp³-hybridized carbons (Fsp3) is 0.731. The molecule has 6 heteroatoms. The number of piperidine rings is 1. The van der Waals surface area contributed by atoms with Crippen molar-refractivity contribution in [2.24, 2.45) is 11.8 Å². The van der Waals surface area contributed by atoms with Crippen molar-refractivity contribution in [3.05, 3.63) is 34.1 Å². The molecule has 1 aliphatic heterocycles. The Balaban J connectivity index is 1.31. The summed E-state index contributed by atoms with van der Waals surface area (Å²) in [7, 11) is 1.70. The van der Waals surface area contributed by atoms with E-state index >= 15 is 0 Å². The van der Waals surface area contributed by atoms with Crippen LogP contribution in [0.2, 0.25) is 0 Å². The van der Waals surface area contributed by atoms with Crippen molar-refractivity contribution in [1.82, 2.24) is 9.80 Å². The SMILES string of the molecule is COCCN(C(C)=O)C1CCC(CCCN2CCC(Cc3cc(F)ccc3Br)CC2)CC1. The first-order valence-corrected chi connectivity index (χ1v) is 13.2. The smallest absolute Gasteiger partial charge is 0.219 e. The second-order valence-electron chi connectivity index (χ2n) is 9.75. The molecule has 0 bridgehead atoms. The average molecular weight is 512 g/mol. The first kappa shape index (κ1) is 25.6. The molecule has 1 saturated heterocycles. The van der Waals surface area contributed by atoms with E-state index in [2.05, 4.69) is 20.8 Å². The molecule has 1 saturated carbocycles. The van der Waals surface area contributed by atoms with Crippen molar-refractivity contribution in [3.63, 3.8) is 0 Å². The van der Waals surface area contributed by atoms with Crippen molar-refractivity contribution < 1.29 is 13.9 Å². The molecule has 1 aromatic carbocycles. The quantitative estimate of drug-likeness (QED) is 0.406. The van der Waals surface area contributed by atoms with E-state index in [-0.39, 0.29) is 11.7 Å². The maximum Gasteiger partial charge on any atom is 0.219 e. The fourth-order valence-corrected chi connectivity index (χ4v) is 5.97. The summed E-state index contributed by atoms with van der Waals surface area (Å²) in [5.74, 6) is 1.50. The Labute approximate surface area is 202 Å². The molecule has 0 atom stereocenters. The number of halogens is 2. The number of amides is 1. The van der Waals surface area contributed by atoms with Gasteiger partial charge in [0.25, 0.3) is 0 Å². The van der Waals surface area contributed by atoms with Gasteiger partial charge >= 0.3 is 0 Å². The van der Waals surface area contributed by atoms with E-state index in [1.807, 2.05) is 11.0 Å². The highest BCUT2D eigenvalue weighted by Gasteiger charge is 2.27. The molecule has 2 fully saturated rings. The monoisotopic (exact) mass is 510 g/mol. The second kappa shape index (κ2) is 13.0. The minimum absolute atomic E-state index is 0.140. The van der Waals surface area contributed by atoms with Crippen molar-refractivity contribution in [3.8, 4) is 0 Å². The minimum atomic E-state index is -0.140. The van der Waals surface area contributed by atoms with Gasteiger partial charge < -0.3 is 14.5 Å². The van der Waals surface area contributed by atoms with Gasteiger partial charge in [-0.25, -0.2) is 4.39 Å². The molecule has 32 heavy (non-hydrogen) atoms. The fourth-order valence-electron chi connectivity index (χ4n) is 5.56. The molecule has 1 heterocycles.